The Balaban J connectivity index is 1.98. The number of hydrogen-bond acceptors (Lipinski definition) is 6. The lowest BCUT2D eigenvalue weighted by atomic mass is 10.0. The Morgan fingerprint density at radius 2 is 2.53 bits per heavy atom. The van der Waals surface area contributed by atoms with Crippen molar-refractivity contribution in [2.24, 2.45) is 0 Å². The Morgan fingerprint density at radius 3 is 3.35 bits per heavy atom. The number of hydrogen-bond donors (Lipinski definition) is 1. The molecule has 1 atom stereocenters. The number of ether oxygens (including phenoxy) is 1. The number of aromatic nitrogens is 2. The van der Waals surface area contributed by atoms with E-state index in [2.05, 4.69) is 24.9 Å². The van der Waals surface area contributed by atoms with Crippen molar-refractivity contribution in [2.75, 3.05) is 30.4 Å². The van der Waals surface area contributed by atoms with E-state index in [9.17, 15) is 4.79 Å². The van der Waals surface area contributed by atoms with Crippen molar-refractivity contribution in [2.45, 2.75) is 18.9 Å². The molecule has 3 heterocycles. The van der Waals surface area contributed by atoms with Crippen LogP contribution in [0, 0.1) is 0 Å². The van der Waals surface area contributed by atoms with Gasteiger partial charge in [0, 0.05) is 19.1 Å². The number of nitrogens with zero attached hydrogens (tertiary/aromatic N) is 3. The molecule has 0 saturated carbocycles. The second-order valence-corrected chi connectivity index (χ2v) is 4.35. The van der Waals surface area contributed by atoms with E-state index >= 15 is 0 Å². The topological polar surface area (TPSA) is 67.3 Å². The molecular formula is C11H14N4O2. The normalized spacial score (nSPS) is 21.5. The Kier molecular flexibility index (Phi) is 2.35. The van der Waals surface area contributed by atoms with Gasteiger partial charge >= 0.3 is 5.97 Å². The number of rotatable bonds is 1. The summed E-state index contributed by atoms with van der Waals surface area (Å²) < 4.78 is 4.62. The predicted octanol–water partition coefficient (Wildman–Crippen LogP) is 0.657. The third-order valence-corrected chi connectivity index (χ3v) is 3.24. The third kappa shape index (κ3) is 1.69. The van der Waals surface area contributed by atoms with E-state index < -0.39 is 5.97 Å². The molecular weight excluding hydrogens is 220 g/mol. The van der Waals surface area contributed by atoms with E-state index in [-0.39, 0.29) is 5.82 Å². The molecule has 6 nitrogen and oxygen atoms in total. The summed E-state index contributed by atoms with van der Waals surface area (Å²) in [7, 11) is 1.33. The van der Waals surface area contributed by atoms with E-state index in [0.717, 1.165) is 31.0 Å². The van der Waals surface area contributed by atoms with Gasteiger partial charge in [-0.2, -0.15) is 0 Å². The monoisotopic (exact) mass is 234 g/mol. The zero-order valence-corrected chi connectivity index (χ0v) is 9.64. The first kappa shape index (κ1) is 10.3. The van der Waals surface area contributed by atoms with Gasteiger partial charge in [0.05, 0.1) is 19.0 Å². The molecule has 3 rings (SSSR count). The lowest BCUT2D eigenvalue weighted by molar-refractivity contribution is 0.0587. The first-order valence-electron chi connectivity index (χ1n) is 5.75. The highest BCUT2D eigenvalue weighted by molar-refractivity contribution is 5.86. The molecule has 6 heteroatoms. The summed E-state index contributed by atoms with van der Waals surface area (Å²) in [5, 5.41) is 3.35. The van der Waals surface area contributed by atoms with Crippen molar-refractivity contribution in [1.82, 2.24) is 9.97 Å². The maximum absolute atomic E-state index is 11.4. The number of piperidine rings is 1. The molecule has 0 aliphatic carbocycles. The van der Waals surface area contributed by atoms with Crippen molar-refractivity contribution < 1.29 is 9.53 Å². The Hall–Kier alpha value is -1.85. The van der Waals surface area contributed by atoms with Crippen LogP contribution < -0.4 is 10.2 Å². The summed E-state index contributed by atoms with van der Waals surface area (Å²) in [6.07, 6.45) is 4.02. The highest BCUT2D eigenvalue weighted by Crippen LogP contribution is 2.32. The maximum Gasteiger partial charge on any atom is 0.376 e. The first-order valence-corrected chi connectivity index (χ1v) is 5.75. The van der Waals surface area contributed by atoms with Gasteiger partial charge in [-0.15, -0.1) is 0 Å². The van der Waals surface area contributed by atoms with Gasteiger partial charge in [-0.05, 0) is 12.8 Å². The Bertz CT molecular complexity index is 463. The molecule has 1 saturated heterocycles. The molecule has 2 aliphatic heterocycles. The average Bonchev–Trinajstić information content (AvgIpc) is 2.37. The number of carbonyl (C=O) groups is 1. The SMILES string of the molecule is COC(=O)c1ncc2c(n1)NC1CCCN2C1. The molecule has 17 heavy (non-hydrogen) atoms. The van der Waals surface area contributed by atoms with E-state index in [4.69, 9.17) is 0 Å². The van der Waals surface area contributed by atoms with Crippen LogP contribution in [0.15, 0.2) is 6.20 Å². The van der Waals surface area contributed by atoms with Gasteiger partial charge < -0.3 is 15.0 Å². The van der Waals surface area contributed by atoms with Crippen molar-refractivity contribution in [3.05, 3.63) is 12.0 Å². The standard InChI is InChI=1S/C11H14N4O2/c1-17-11(16)10-12-5-8-9(14-10)13-7-3-2-4-15(8)6-7/h5,7H,2-4,6H2,1H3,(H,12,13,14). The summed E-state index contributed by atoms with van der Waals surface area (Å²) in [6, 6.07) is 0.427. The third-order valence-electron chi connectivity index (χ3n) is 3.24. The van der Waals surface area contributed by atoms with Crippen LogP contribution in [0.1, 0.15) is 23.5 Å². The fourth-order valence-electron chi connectivity index (χ4n) is 2.41. The molecule has 2 bridgehead atoms. The highest BCUT2D eigenvalue weighted by atomic mass is 16.5. The quantitative estimate of drug-likeness (QED) is 0.720. The van der Waals surface area contributed by atoms with Crippen molar-refractivity contribution in [1.29, 1.82) is 0 Å². The van der Waals surface area contributed by atoms with Crippen LogP contribution in [0.4, 0.5) is 11.5 Å². The van der Waals surface area contributed by atoms with Crippen LogP contribution >= 0.6 is 0 Å². The molecule has 2 aliphatic rings. The first-order chi connectivity index (χ1) is 8.28. The van der Waals surface area contributed by atoms with E-state index in [1.165, 1.54) is 13.5 Å². The summed E-state index contributed by atoms with van der Waals surface area (Å²) in [4.78, 5) is 21.9. The number of anilines is 2. The maximum atomic E-state index is 11.4. The lowest BCUT2D eigenvalue weighted by Gasteiger charge is -2.40. The Morgan fingerprint density at radius 1 is 1.65 bits per heavy atom. The number of methoxy groups -OCH3 is 1. The number of fused-ring (bicyclic) bond motifs is 4. The van der Waals surface area contributed by atoms with Crippen LogP contribution in [0.2, 0.25) is 0 Å². The zero-order chi connectivity index (χ0) is 11.8. The molecule has 1 fully saturated rings. The van der Waals surface area contributed by atoms with Gasteiger partial charge in [-0.3, -0.25) is 0 Å². The van der Waals surface area contributed by atoms with E-state index in [0.29, 0.717) is 6.04 Å². The van der Waals surface area contributed by atoms with Gasteiger partial charge in [-0.1, -0.05) is 0 Å². The van der Waals surface area contributed by atoms with Crippen LogP contribution in [-0.4, -0.2) is 42.2 Å². The Labute approximate surface area is 99.0 Å². The average molecular weight is 234 g/mol. The summed E-state index contributed by atoms with van der Waals surface area (Å²) in [5.74, 6) is 0.358. The molecule has 1 aromatic rings. The predicted molar refractivity (Wildman–Crippen MR) is 62.2 cm³/mol. The van der Waals surface area contributed by atoms with Gasteiger partial charge in [0.2, 0.25) is 5.82 Å². The zero-order valence-electron chi connectivity index (χ0n) is 9.64. The minimum absolute atomic E-state index is 0.111. The number of carbonyl (C=O) groups excluding carboxylic acids is 1. The minimum atomic E-state index is -0.500. The fraction of sp³-hybridized carbons (Fsp3) is 0.545. The summed E-state index contributed by atoms with van der Waals surface area (Å²) in [6.45, 7) is 2.03. The largest absolute Gasteiger partial charge is 0.463 e. The van der Waals surface area contributed by atoms with Crippen LogP contribution in [0.25, 0.3) is 0 Å². The number of esters is 1. The minimum Gasteiger partial charge on any atom is -0.463 e. The second kappa shape index (κ2) is 3.87. The fourth-order valence-corrected chi connectivity index (χ4v) is 2.41. The van der Waals surface area contributed by atoms with E-state index in [1.807, 2.05) is 0 Å². The van der Waals surface area contributed by atoms with Crippen molar-refractivity contribution >= 4 is 17.5 Å². The van der Waals surface area contributed by atoms with Crippen LogP contribution in [0.3, 0.4) is 0 Å². The molecule has 90 valence electrons. The molecule has 0 amide bonds. The molecule has 1 unspecified atom stereocenters. The molecule has 0 spiro atoms. The van der Waals surface area contributed by atoms with Gasteiger partial charge in [0.15, 0.2) is 5.82 Å². The van der Waals surface area contributed by atoms with Crippen molar-refractivity contribution in [3.63, 3.8) is 0 Å². The van der Waals surface area contributed by atoms with Crippen LogP contribution in [-0.2, 0) is 4.74 Å². The summed E-state index contributed by atoms with van der Waals surface area (Å²) >= 11 is 0. The smallest absolute Gasteiger partial charge is 0.376 e. The van der Waals surface area contributed by atoms with Gasteiger partial charge in [0.1, 0.15) is 0 Å². The van der Waals surface area contributed by atoms with Gasteiger partial charge in [-0.25, -0.2) is 14.8 Å². The van der Waals surface area contributed by atoms with Crippen molar-refractivity contribution in [3.8, 4) is 0 Å². The summed E-state index contributed by atoms with van der Waals surface area (Å²) in [5.41, 5.74) is 0.980. The number of nitrogens with one attached hydrogen (secondary N) is 1. The molecule has 0 radical (unpaired) electrons. The second-order valence-electron chi connectivity index (χ2n) is 4.35. The lowest BCUT2D eigenvalue weighted by Crippen LogP contribution is -2.46. The van der Waals surface area contributed by atoms with Crippen LogP contribution in [0.5, 0.6) is 0 Å². The molecule has 0 aromatic carbocycles. The molecule has 1 N–H and O–H groups in total. The van der Waals surface area contributed by atoms with E-state index in [1.54, 1.807) is 6.20 Å². The molecule has 1 aromatic heterocycles. The van der Waals surface area contributed by atoms with Gasteiger partial charge in [0.25, 0.3) is 0 Å². The highest BCUT2D eigenvalue weighted by Gasteiger charge is 2.29.